The fourth-order valence-corrected chi connectivity index (χ4v) is 3.43. The van der Waals surface area contributed by atoms with Gasteiger partial charge >= 0.3 is 0 Å². The molecule has 0 fully saturated rings. The van der Waals surface area contributed by atoms with Crippen LogP contribution in [0.1, 0.15) is 48.4 Å². The summed E-state index contributed by atoms with van der Waals surface area (Å²) in [4.78, 5) is 0. The Bertz CT molecular complexity index is 704. The van der Waals surface area contributed by atoms with Gasteiger partial charge in [0.05, 0.1) is 11.4 Å². The van der Waals surface area contributed by atoms with E-state index in [1.165, 1.54) is 22.3 Å². The molecule has 6 N–H and O–H groups in total. The molecule has 2 aromatic rings. The molecule has 0 aromatic heterocycles. The largest absolute Gasteiger partial charge is 0.397 e. The second-order valence-electron chi connectivity index (χ2n) is 5.87. The van der Waals surface area contributed by atoms with Crippen molar-refractivity contribution in [2.75, 3.05) is 6.54 Å². The molecule has 0 amide bonds. The van der Waals surface area contributed by atoms with Crippen LogP contribution in [-0.4, -0.2) is 6.54 Å². The van der Waals surface area contributed by atoms with Crippen molar-refractivity contribution in [1.29, 1.82) is 0 Å². The maximum Gasteiger partial charge on any atom is 0.0656 e. The molecule has 23 heavy (non-hydrogen) atoms. The van der Waals surface area contributed by atoms with Crippen LogP contribution in [0.2, 0.25) is 0 Å². The smallest absolute Gasteiger partial charge is 0.0656 e. The van der Waals surface area contributed by atoms with Crippen LogP contribution in [0, 0.1) is 0 Å². The van der Waals surface area contributed by atoms with Gasteiger partial charge in [0.1, 0.15) is 0 Å². The lowest BCUT2D eigenvalue weighted by molar-refractivity contribution is 0.655. The number of fused-ring (bicyclic) bond motifs is 2. The van der Waals surface area contributed by atoms with Gasteiger partial charge in [0.15, 0.2) is 0 Å². The summed E-state index contributed by atoms with van der Waals surface area (Å²) >= 11 is 0. The molecule has 3 nitrogen and oxygen atoms in total. The number of hydrogen-bond donors (Lipinski definition) is 3. The van der Waals surface area contributed by atoms with Crippen molar-refractivity contribution in [2.24, 2.45) is 5.73 Å². The van der Waals surface area contributed by atoms with E-state index in [2.05, 4.69) is 67.7 Å². The van der Waals surface area contributed by atoms with Crippen molar-refractivity contribution in [1.82, 2.24) is 11.5 Å². The van der Waals surface area contributed by atoms with E-state index in [1.807, 2.05) is 0 Å². The van der Waals surface area contributed by atoms with Crippen LogP contribution in [0.4, 0.5) is 0 Å². The molecule has 122 valence electrons. The van der Waals surface area contributed by atoms with Crippen LogP contribution < -0.4 is 17.2 Å². The first kappa shape index (κ1) is 17.1. The van der Waals surface area contributed by atoms with Gasteiger partial charge in [-0.1, -0.05) is 55.5 Å². The standard InChI is InChI=1S/C20H24N2.H3N/c1-3-14-13-15-9-5-6-11-17(15)20(22-4-2)19(21)18-12-8-7-10-16(14)18;/h5-12,14,22H,3-4,13,21H2,1-2H3;1H3/b20-19-;. The Morgan fingerprint density at radius 3 is 2.35 bits per heavy atom. The first-order valence-electron chi connectivity index (χ1n) is 8.17. The molecular weight excluding hydrogens is 282 g/mol. The fourth-order valence-electron chi connectivity index (χ4n) is 3.43. The Morgan fingerprint density at radius 2 is 1.65 bits per heavy atom. The van der Waals surface area contributed by atoms with Gasteiger partial charge in [0.2, 0.25) is 0 Å². The first-order valence-corrected chi connectivity index (χ1v) is 8.17. The molecule has 2 aromatic carbocycles. The predicted octanol–water partition coefficient (Wildman–Crippen LogP) is 4.29. The van der Waals surface area contributed by atoms with E-state index in [-0.39, 0.29) is 6.15 Å². The number of benzene rings is 2. The third-order valence-corrected chi connectivity index (χ3v) is 4.56. The van der Waals surface area contributed by atoms with Crippen LogP contribution in [0.3, 0.4) is 0 Å². The van der Waals surface area contributed by atoms with Crippen LogP contribution >= 0.6 is 0 Å². The quantitative estimate of drug-likeness (QED) is 0.791. The Hall–Kier alpha value is -2.26. The third kappa shape index (κ3) is 3.10. The summed E-state index contributed by atoms with van der Waals surface area (Å²) in [5.41, 5.74) is 13.7. The fraction of sp³-hybridized carbons (Fsp3) is 0.300. The average Bonchev–Trinajstić information content (AvgIpc) is 2.56. The van der Waals surface area contributed by atoms with E-state index in [0.29, 0.717) is 5.92 Å². The Kier molecular flexibility index (Phi) is 5.45. The highest BCUT2D eigenvalue weighted by Gasteiger charge is 2.22. The number of rotatable bonds is 3. The average molecular weight is 309 g/mol. The minimum atomic E-state index is 0. The molecule has 0 aliphatic heterocycles. The molecule has 1 aliphatic carbocycles. The normalized spacial score (nSPS) is 19.7. The lowest BCUT2D eigenvalue weighted by Crippen LogP contribution is -2.21. The van der Waals surface area contributed by atoms with Gasteiger partial charge < -0.3 is 17.2 Å². The Labute approximate surface area is 139 Å². The molecule has 1 aliphatic rings. The van der Waals surface area contributed by atoms with Gasteiger partial charge in [0, 0.05) is 17.7 Å². The topological polar surface area (TPSA) is 73.0 Å². The highest BCUT2D eigenvalue weighted by molar-refractivity contribution is 5.90. The van der Waals surface area contributed by atoms with Crippen LogP contribution in [0.15, 0.2) is 48.5 Å². The van der Waals surface area contributed by atoms with E-state index in [9.17, 15) is 0 Å². The van der Waals surface area contributed by atoms with Gasteiger partial charge in [-0.3, -0.25) is 0 Å². The van der Waals surface area contributed by atoms with Crippen LogP contribution in [0.5, 0.6) is 0 Å². The van der Waals surface area contributed by atoms with Crippen molar-refractivity contribution in [3.05, 3.63) is 70.8 Å². The molecule has 3 heteroatoms. The van der Waals surface area contributed by atoms with Gasteiger partial charge in [0.25, 0.3) is 0 Å². The maximum absolute atomic E-state index is 6.60. The van der Waals surface area contributed by atoms with Gasteiger partial charge in [-0.05, 0) is 36.8 Å². The van der Waals surface area contributed by atoms with Crippen LogP contribution in [-0.2, 0) is 6.42 Å². The highest BCUT2D eigenvalue weighted by Crippen LogP contribution is 2.36. The number of hydrogen-bond acceptors (Lipinski definition) is 3. The molecule has 0 radical (unpaired) electrons. The van der Waals surface area contributed by atoms with Crippen LogP contribution in [0.25, 0.3) is 11.4 Å². The van der Waals surface area contributed by atoms with Crippen molar-refractivity contribution in [3.63, 3.8) is 0 Å². The lowest BCUT2D eigenvalue weighted by Gasteiger charge is -2.26. The van der Waals surface area contributed by atoms with Crippen molar-refractivity contribution >= 4 is 11.4 Å². The molecular formula is C20H27N3. The van der Waals surface area contributed by atoms with E-state index in [4.69, 9.17) is 5.73 Å². The van der Waals surface area contributed by atoms with E-state index < -0.39 is 0 Å². The summed E-state index contributed by atoms with van der Waals surface area (Å²) in [7, 11) is 0. The second-order valence-corrected chi connectivity index (χ2v) is 5.87. The summed E-state index contributed by atoms with van der Waals surface area (Å²) in [6.45, 7) is 5.24. The van der Waals surface area contributed by atoms with E-state index >= 15 is 0 Å². The van der Waals surface area contributed by atoms with Crippen molar-refractivity contribution in [2.45, 2.75) is 32.6 Å². The molecule has 0 saturated carbocycles. The molecule has 0 heterocycles. The summed E-state index contributed by atoms with van der Waals surface area (Å²) in [6, 6.07) is 17.2. The Balaban J connectivity index is 0.00000192. The maximum atomic E-state index is 6.60. The minimum absolute atomic E-state index is 0. The summed E-state index contributed by atoms with van der Waals surface area (Å²) in [6.07, 6.45) is 2.18. The number of nitrogens with two attached hydrogens (primary N) is 1. The summed E-state index contributed by atoms with van der Waals surface area (Å²) in [5.74, 6) is 0.513. The molecule has 1 atom stereocenters. The SMILES string of the molecule is CCN/C1=C(\N)c2ccccc2C(CC)Cc2ccccc21.N. The monoisotopic (exact) mass is 309 g/mol. The van der Waals surface area contributed by atoms with Crippen molar-refractivity contribution < 1.29 is 0 Å². The second kappa shape index (κ2) is 7.34. The van der Waals surface area contributed by atoms with Gasteiger partial charge in [-0.25, -0.2) is 0 Å². The minimum Gasteiger partial charge on any atom is -0.397 e. The zero-order valence-corrected chi connectivity index (χ0v) is 14.1. The highest BCUT2D eigenvalue weighted by atomic mass is 14.9. The number of nitrogens with one attached hydrogen (secondary N) is 1. The molecule has 0 saturated heterocycles. The van der Waals surface area contributed by atoms with Gasteiger partial charge in [-0.2, -0.15) is 0 Å². The summed E-state index contributed by atoms with van der Waals surface area (Å²) < 4.78 is 0. The molecule has 1 unspecified atom stereocenters. The third-order valence-electron chi connectivity index (χ3n) is 4.56. The molecule has 0 spiro atoms. The molecule has 0 bridgehead atoms. The zero-order chi connectivity index (χ0) is 15.5. The van der Waals surface area contributed by atoms with Crippen molar-refractivity contribution in [3.8, 4) is 0 Å². The lowest BCUT2D eigenvalue weighted by atomic mass is 9.81. The van der Waals surface area contributed by atoms with E-state index in [1.54, 1.807) is 0 Å². The summed E-state index contributed by atoms with van der Waals surface area (Å²) in [5, 5.41) is 3.49. The Morgan fingerprint density at radius 1 is 1.00 bits per heavy atom. The first-order chi connectivity index (χ1) is 10.8. The van der Waals surface area contributed by atoms with E-state index in [0.717, 1.165) is 30.8 Å². The zero-order valence-electron chi connectivity index (χ0n) is 14.1. The molecule has 3 rings (SSSR count). The predicted molar refractivity (Wildman–Crippen MR) is 99.3 cm³/mol. The van der Waals surface area contributed by atoms with Gasteiger partial charge in [-0.15, -0.1) is 0 Å².